The van der Waals surface area contributed by atoms with Crippen molar-refractivity contribution in [3.63, 3.8) is 0 Å². The molecule has 1 aromatic carbocycles. The van der Waals surface area contributed by atoms with Crippen LogP contribution in [0.2, 0.25) is 0 Å². The Hall–Kier alpha value is -3.83. The number of benzene rings is 1. The van der Waals surface area contributed by atoms with Crippen LogP contribution in [-0.2, 0) is 13.2 Å². The minimum absolute atomic E-state index is 0.178. The second-order valence-electron chi connectivity index (χ2n) is 8.34. The fraction of sp³-hybridized carbons (Fsp3) is 0.318. The summed E-state index contributed by atoms with van der Waals surface area (Å²) in [5, 5.41) is 12.2. The first-order chi connectivity index (χ1) is 16.1. The molecule has 1 amide bonds. The van der Waals surface area contributed by atoms with Crippen molar-refractivity contribution in [2.24, 2.45) is 7.05 Å². The van der Waals surface area contributed by atoms with Gasteiger partial charge in [-0.2, -0.15) is 23.4 Å². The van der Waals surface area contributed by atoms with E-state index in [0.717, 1.165) is 12.1 Å². The van der Waals surface area contributed by atoms with Crippen LogP contribution < -0.4 is 5.73 Å². The van der Waals surface area contributed by atoms with Gasteiger partial charge in [-0.15, -0.1) is 5.10 Å². The maximum absolute atomic E-state index is 15.1. The Bertz CT molecular complexity index is 1430. The smallest absolute Gasteiger partial charge is 0.383 e. The van der Waals surface area contributed by atoms with Crippen molar-refractivity contribution >= 4 is 33.5 Å². The molecule has 3 heterocycles. The maximum atomic E-state index is 15.1. The number of aryl methyl sites for hydroxylation is 1. The SMILES string of the molecule is C[C@@H](c1ccc(C(F)(F)F)nn1)N(C(=O)c1cc2c(cc1F)nc(N)c1cnn(C)c12)C1CC1. The molecule has 34 heavy (non-hydrogen) atoms. The predicted octanol–water partition coefficient (Wildman–Crippen LogP) is 4.02. The van der Waals surface area contributed by atoms with Crippen molar-refractivity contribution in [3.8, 4) is 0 Å². The molecule has 1 fully saturated rings. The Balaban J connectivity index is 1.57. The Morgan fingerprint density at radius 2 is 1.94 bits per heavy atom. The lowest BCUT2D eigenvalue weighted by Gasteiger charge is -2.29. The molecule has 1 saturated carbocycles. The molecule has 0 aliphatic heterocycles. The molecule has 1 atom stereocenters. The van der Waals surface area contributed by atoms with Gasteiger partial charge in [0, 0.05) is 24.5 Å². The number of hydrogen-bond acceptors (Lipinski definition) is 6. The van der Waals surface area contributed by atoms with Crippen LogP contribution in [0.25, 0.3) is 21.8 Å². The van der Waals surface area contributed by atoms with E-state index in [0.29, 0.717) is 29.1 Å². The number of pyridine rings is 1. The topological polar surface area (TPSA) is 103 Å². The first-order valence-electron chi connectivity index (χ1n) is 10.5. The normalized spacial score (nSPS) is 15.1. The highest BCUT2D eigenvalue weighted by atomic mass is 19.4. The van der Waals surface area contributed by atoms with Crippen LogP contribution in [0.4, 0.5) is 23.4 Å². The molecular weight excluding hydrogens is 454 g/mol. The van der Waals surface area contributed by atoms with Gasteiger partial charge in [-0.3, -0.25) is 9.48 Å². The van der Waals surface area contributed by atoms with Gasteiger partial charge >= 0.3 is 6.18 Å². The number of rotatable bonds is 4. The van der Waals surface area contributed by atoms with E-state index in [4.69, 9.17) is 5.73 Å². The number of alkyl halides is 3. The Labute approximate surface area is 190 Å². The summed E-state index contributed by atoms with van der Waals surface area (Å²) in [7, 11) is 1.70. The van der Waals surface area contributed by atoms with E-state index in [1.165, 1.54) is 17.0 Å². The fourth-order valence-electron chi connectivity index (χ4n) is 4.15. The zero-order chi connectivity index (χ0) is 24.4. The Kier molecular flexibility index (Phi) is 4.92. The van der Waals surface area contributed by atoms with Gasteiger partial charge in [0.15, 0.2) is 5.69 Å². The highest BCUT2D eigenvalue weighted by Crippen LogP contribution is 2.37. The van der Waals surface area contributed by atoms with Crippen molar-refractivity contribution in [1.29, 1.82) is 0 Å². The molecule has 0 saturated heterocycles. The quantitative estimate of drug-likeness (QED) is 0.449. The summed E-state index contributed by atoms with van der Waals surface area (Å²) in [4.78, 5) is 19.2. The van der Waals surface area contributed by atoms with E-state index >= 15 is 4.39 Å². The molecular formula is C22H19F4N7O. The summed E-state index contributed by atoms with van der Waals surface area (Å²) in [6, 6.07) is 3.68. The lowest BCUT2D eigenvalue weighted by atomic mass is 10.0. The van der Waals surface area contributed by atoms with Crippen molar-refractivity contribution in [1.82, 2.24) is 29.9 Å². The summed E-state index contributed by atoms with van der Waals surface area (Å²) in [6.07, 6.45) is -1.68. The number of carbonyl (C=O) groups excluding carboxylic acids is 1. The predicted molar refractivity (Wildman–Crippen MR) is 115 cm³/mol. The molecule has 0 unspecified atom stereocenters. The summed E-state index contributed by atoms with van der Waals surface area (Å²) >= 11 is 0. The van der Waals surface area contributed by atoms with Crippen LogP contribution in [-0.4, -0.2) is 41.8 Å². The highest BCUT2D eigenvalue weighted by Gasteiger charge is 2.39. The number of nitrogens with zero attached hydrogens (tertiary/aromatic N) is 6. The largest absolute Gasteiger partial charge is 0.435 e. The molecule has 0 bridgehead atoms. The lowest BCUT2D eigenvalue weighted by Crippen LogP contribution is -2.36. The zero-order valence-electron chi connectivity index (χ0n) is 18.1. The summed E-state index contributed by atoms with van der Waals surface area (Å²) < 4.78 is 55.2. The van der Waals surface area contributed by atoms with Gasteiger partial charge in [0.25, 0.3) is 5.91 Å². The van der Waals surface area contributed by atoms with E-state index in [1.807, 2.05) is 0 Å². The number of anilines is 1. The second-order valence-corrected chi connectivity index (χ2v) is 8.34. The molecule has 2 N–H and O–H groups in total. The number of aromatic nitrogens is 5. The van der Waals surface area contributed by atoms with Gasteiger partial charge in [-0.1, -0.05) is 0 Å². The van der Waals surface area contributed by atoms with E-state index in [1.54, 1.807) is 24.9 Å². The van der Waals surface area contributed by atoms with Crippen molar-refractivity contribution in [2.45, 2.75) is 38.0 Å². The molecule has 176 valence electrons. The molecule has 0 radical (unpaired) electrons. The number of nitrogens with two attached hydrogens (primary N) is 1. The minimum atomic E-state index is -4.62. The molecule has 3 aromatic heterocycles. The van der Waals surface area contributed by atoms with Crippen LogP contribution in [0.3, 0.4) is 0 Å². The first-order valence-corrected chi connectivity index (χ1v) is 10.5. The van der Waals surface area contributed by atoms with Crippen LogP contribution in [0, 0.1) is 5.82 Å². The van der Waals surface area contributed by atoms with Crippen molar-refractivity contribution in [3.05, 3.63) is 53.2 Å². The van der Waals surface area contributed by atoms with Gasteiger partial charge in [0.05, 0.1) is 39.9 Å². The van der Waals surface area contributed by atoms with Gasteiger partial charge in [-0.05, 0) is 38.0 Å². The van der Waals surface area contributed by atoms with E-state index < -0.39 is 29.6 Å². The first kappa shape index (κ1) is 22.0. The minimum Gasteiger partial charge on any atom is -0.383 e. The average molecular weight is 473 g/mol. The average Bonchev–Trinajstić information content (AvgIpc) is 3.53. The maximum Gasteiger partial charge on any atom is 0.435 e. The third-order valence-electron chi connectivity index (χ3n) is 6.02. The Morgan fingerprint density at radius 3 is 2.56 bits per heavy atom. The number of amides is 1. The second kappa shape index (κ2) is 7.61. The van der Waals surface area contributed by atoms with Crippen LogP contribution in [0.15, 0.2) is 30.5 Å². The molecule has 1 aliphatic rings. The summed E-state index contributed by atoms with van der Waals surface area (Å²) in [5.74, 6) is -1.17. The van der Waals surface area contributed by atoms with Gasteiger partial charge in [0.1, 0.15) is 11.6 Å². The van der Waals surface area contributed by atoms with Crippen LogP contribution in [0.5, 0.6) is 0 Å². The molecule has 1 aliphatic carbocycles. The van der Waals surface area contributed by atoms with E-state index in [2.05, 4.69) is 20.3 Å². The zero-order valence-corrected chi connectivity index (χ0v) is 18.1. The number of fused-ring (bicyclic) bond motifs is 3. The molecule has 0 spiro atoms. The van der Waals surface area contributed by atoms with E-state index in [-0.39, 0.29) is 28.6 Å². The van der Waals surface area contributed by atoms with E-state index in [9.17, 15) is 18.0 Å². The number of carbonyl (C=O) groups is 1. The van der Waals surface area contributed by atoms with Gasteiger partial charge in [0.2, 0.25) is 0 Å². The third-order valence-corrected chi connectivity index (χ3v) is 6.02. The lowest BCUT2D eigenvalue weighted by molar-refractivity contribution is -0.141. The van der Waals surface area contributed by atoms with Crippen molar-refractivity contribution < 1.29 is 22.4 Å². The summed E-state index contributed by atoms with van der Waals surface area (Å²) in [6.45, 7) is 1.63. The van der Waals surface area contributed by atoms with Crippen molar-refractivity contribution in [2.75, 3.05) is 5.73 Å². The van der Waals surface area contributed by atoms with Gasteiger partial charge in [-0.25, -0.2) is 9.37 Å². The molecule has 5 rings (SSSR count). The van der Waals surface area contributed by atoms with Gasteiger partial charge < -0.3 is 10.6 Å². The number of halogens is 4. The van der Waals surface area contributed by atoms with Crippen LogP contribution >= 0.6 is 0 Å². The summed E-state index contributed by atoms with van der Waals surface area (Å²) in [5.41, 5.74) is 5.74. The third kappa shape index (κ3) is 3.58. The number of nitrogen functional groups attached to an aromatic ring is 1. The molecule has 8 nitrogen and oxygen atoms in total. The molecule has 12 heteroatoms. The standard InChI is InChI=1S/C22H19F4N7O/c1-10(16-5-6-18(31-30-16)22(24,25)26)33(11-3-4-11)21(34)12-7-13-17(8-15(12)23)29-20(27)14-9-28-32(2)19(13)14/h5-11H,3-4H2,1-2H3,(H2,27,29)/t10-/m0/s1. The monoisotopic (exact) mass is 473 g/mol. The highest BCUT2D eigenvalue weighted by molar-refractivity contribution is 6.10. The Morgan fingerprint density at radius 1 is 1.21 bits per heavy atom. The number of hydrogen-bond donors (Lipinski definition) is 1. The van der Waals surface area contributed by atoms with Crippen LogP contribution in [0.1, 0.15) is 47.6 Å². The fourth-order valence-corrected chi connectivity index (χ4v) is 4.15. The molecule has 4 aromatic rings.